The maximum Gasteiger partial charge on any atom is 0.101 e. The van der Waals surface area contributed by atoms with Crippen molar-refractivity contribution < 1.29 is 0 Å². The van der Waals surface area contributed by atoms with Gasteiger partial charge in [0.05, 0.1) is 5.02 Å². The number of halogens is 2. The van der Waals surface area contributed by atoms with Gasteiger partial charge in [0.15, 0.2) is 0 Å². The van der Waals surface area contributed by atoms with Gasteiger partial charge in [-0.2, -0.15) is 5.10 Å². The van der Waals surface area contributed by atoms with Gasteiger partial charge in [0, 0.05) is 21.3 Å². The summed E-state index contributed by atoms with van der Waals surface area (Å²) in [5.74, 6) is 5.48. The fourth-order valence-electron chi connectivity index (χ4n) is 1.67. The van der Waals surface area contributed by atoms with Crippen LogP contribution in [0.2, 0.25) is 5.02 Å². The molecule has 0 aliphatic heterocycles. The van der Waals surface area contributed by atoms with E-state index in [1.54, 1.807) is 12.1 Å². The van der Waals surface area contributed by atoms with E-state index in [1.165, 1.54) is 0 Å². The quantitative estimate of drug-likeness (QED) is 0.385. The number of benzene rings is 2. The van der Waals surface area contributed by atoms with Crippen molar-refractivity contribution in [3.63, 3.8) is 0 Å². The van der Waals surface area contributed by atoms with Gasteiger partial charge in [0.1, 0.15) is 5.71 Å². The molecule has 0 fully saturated rings. The minimum atomic E-state index is 0.569. The smallest absolute Gasteiger partial charge is 0.101 e. The average molecular weight is 325 g/mol. The van der Waals surface area contributed by atoms with Crippen LogP contribution in [0.5, 0.6) is 0 Å². The van der Waals surface area contributed by atoms with Gasteiger partial charge >= 0.3 is 0 Å². The molecule has 0 bridgehead atoms. The molecule has 0 unspecified atom stereocenters. The molecule has 92 valence electrons. The predicted octanol–water partition coefficient (Wildman–Crippen LogP) is 3.40. The molecular weight excluding hydrogens is 314 g/mol. The Morgan fingerprint density at radius 1 is 1.11 bits per heavy atom. The Hall–Kier alpha value is -1.52. The maximum absolute atomic E-state index is 6.15. The highest BCUT2D eigenvalue weighted by molar-refractivity contribution is 9.10. The van der Waals surface area contributed by atoms with E-state index < -0.39 is 0 Å². The lowest BCUT2D eigenvalue weighted by Crippen LogP contribution is -2.10. The minimum absolute atomic E-state index is 0.569. The Morgan fingerprint density at radius 2 is 1.83 bits per heavy atom. The van der Waals surface area contributed by atoms with Crippen LogP contribution >= 0.6 is 27.5 Å². The Labute approximate surface area is 119 Å². The first-order valence-corrected chi connectivity index (χ1v) is 6.38. The molecular formula is C13H11BrClN3. The lowest BCUT2D eigenvalue weighted by Gasteiger charge is -2.10. The molecule has 0 radical (unpaired) electrons. The predicted molar refractivity (Wildman–Crippen MR) is 79.8 cm³/mol. The van der Waals surface area contributed by atoms with E-state index in [4.69, 9.17) is 23.2 Å². The van der Waals surface area contributed by atoms with Crippen molar-refractivity contribution in [3.8, 4) is 0 Å². The molecule has 2 rings (SSSR count). The highest BCUT2D eigenvalue weighted by atomic mass is 79.9. The molecule has 0 aromatic heterocycles. The zero-order chi connectivity index (χ0) is 13.1. The monoisotopic (exact) mass is 323 g/mol. The molecule has 0 spiro atoms. The zero-order valence-electron chi connectivity index (χ0n) is 9.40. The SMILES string of the molecule is NN=C(c1cc(Br)ccc1N)c1ccccc1Cl. The summed E-state index contributed by atoms with van der Waals surface area (Å²) in [6.07, 6.45) is 0. The van der Waals surface area contributed by atoms with Crippen molar-refractivity contribution in [2.75, 3.05) is 5.73 Å². The van der Waals surface area contributed by atoms with Crippen LogP contribution < -0.4 is 11.6 Å². The molecule has 0 aliphatic rings. The molecule has 18 heavy (non-hydrogen) atoms. The molecule has 4 N–H and O–H groups in total. The molecule has 3 nitrogen and oxygen atoms in total. The lowest BCUT2D eigenvalue weighted by atomic mass is 10.0. The van der Waals surface area contributed by atoms with E-state index in [0.29, 0.717) is 16.4 Å². The van der Waals surface area contributed by atoms with Crippen LogP contribution in [0.3, 0.4) is 0 Å². The Balaban J connectivity index is 2.60. The third-order valence-electron chi connectivity index (χ3n) is 2.53. The van der Waals surface area contributed by atoms with Crippen LogP contribution in [0, 0.1) is 0 Å². The molecule has 5 heteroatoms. The van der Waals surface area contributed by atoms with Gasteiger partial charge in [-0.15, -0.1) is 0 Å². The molecule has 0 aliphatic carbocycles. The second-order valence-electron chi connectivity index (χ2n) is 3.69. The number of anilines is 1. The summed E-state index contributed by atoms with van der Waals surface area (Å²) < 4.78 is 0.903. The van der Waals surface area contributed by atoms with Crippen molar-refractivity contribution in [2.24, 2.45) is 10.9 Å². The van der Waals surface area contributed by atoms with E-state index in [0.717, 1.165) is 15.6 Å². The van der Waals surface area contributed by atoms with Gasteiger partial charge in [-0.1, -0.05) is 45.7 Å². The van der Waals surface area contributed by atoms with Gasteiger partial charge in [0.2, 0.25) is 0 Å². The standard InChI is InChI=1S/C13H11BrClN3/c14-8-5-6-12(16)10(7-8)13(18-17)9-3-1-2-4-11(9)15/h1-7H,16-17H2. The molecule has 2 aromatic carbocycles. The number of nitrogen functional groups attached to an aromatic ring is 1. The van der Waals surface area contributed by atoms with Crippen molar-refractivity contribution in [3.05, 3.63) is 63.1 Å². The highest BCUT2D eigenvalue weighted by Crippen LogP contribution is 2.25. The van der Waals surface area contributed by atoms with Crippen LogP contribution in [0.4, 0.5) is 5.69 Å². The number of hydrogen-bond acceptors (Lipinski definition) is 3. The van der Waals surface area contributed by atoms with Gasteiger partial charge < -0.3 is 11.6 Å². The minimum Gasteiger partial charge on any atom is -0.398 e. The van der Waals surface area contributed by atoms with Crippen LogP contribution in [0.1, 0.15) is 11.1 Å². The van der Waals surface area contributed by atoms with Crippen molar-refractivity contribution in [1.29, 1.82) is 0 Å². The van der Waals surface area contributed by atoms with Crippen LogP contribution in [0.25, 0.3) is 0 Å². The first kappa shape index (κ1) is 12.9. The number of nitrogens with two attached hydrogens (primary N) is 2. The normalized spacial score (nSPS) is 11.6. The summed E-state index contributed by atoms with van der Waals surface area (Å²) in [5.41, 5.74) is 8.63. The van der Waals surface area contributed by atoms with Crippen molar-refractivity contribution in [2.45, 2.75) is 0 Å². The molecule has 0 saturated carbocycles. The largest absolute Gasteiger partial charge is 0.398 e. The zero-order valence-corrected chi connectivity index (χ0v) is 11.7. The Kier molecular flexibility index (Phi) is 3.89. The van der Waals surface area contributed by atoms with Crippen LogP contribution in [-0.2, 0) is 0 Å². The maximum atomic E-state index is 6.15. The number of nitrogens with zero attached hydrogens (tertiary/aromatic N) is 1. The van der Waals surface area contributed by atoms with Gasteiger partial charge in [0.25, 0.3) is 0 Å². The summed E-state index contributed by atoms with van der Waals surface area (Å²) in [7, 11) is 0. The van der Waals surface area contributed by atoms with E-state index in [2.05, 4.69) is 21.0 Å². The molecule has 0 saturated heterocycles. The van der Waals surface area contributed by atoms with Gasteiger partial charge in [-0.05, 0) is 24.3 Å². The Bertz CT molecular complexity index is 611. The van der Waals surface area contributed by atoms with Crippen LogP contribution in [-0.4, -0.2) is 5.71 Å². The summed E-state index contributed by atoms with van der Waals surface area (Å²) in [6.45, 7) is 0. The second kappa shape index (κ2) is 5.42. The summed E-state index contributed by atoms with van der Waals surface area (Å²) in [6, 6.07) is 12.9. The summed E-state index contributed by atoms with van der Waals surface area (Å²) in [5, 5.41) is 4.41. The van der Waals surface area contributed by atoms with E-state index in [-0.39, 0.29) is 0 Å². The second-order valence-corrected chi connectivity index (χ2v) is 5.01. The topological polar surface area (TPSA) is 64.4 Å². The molecule has 0 heterocycles. The highest BCUT2D eigenvalue weighted by Gasteiger charge is 2.13. The molecule has 2 aromatic rings. The van der Waals surface area contributed by atoms with Crippen molar-refractivity contribution in [1.82, 2.24) is 0 Å². The number of hydrogen-bond donors (Lipinski definition) is 2. The first-order valence-electron chi connectivity index (χ1n) is 5.21. The summed E-state index contributed by atoms with van der Waals surface area (Å²) in [4.78, 5) is 0. The van der Waals surface area contributed by atoms with E-state index in [1.807, 2.05) is 30.3 Å². The van der Waals surface area contributed by atoms with Gasteiger partial charge in [-0.3, -0.25) is 0 Å². The molecule has 0 amide bonds. The van der Waals surface area contributed by atoms with Gasteiger partial charge in [-0.25, -0.2) is 0 Å². The third-order valence-corrected chi connectivity index (χ3v) is 3.35. The number of hydrazone groups is 1. The van der Waals surface area contributed by atoms with E-state index >= 15 is 0 Å². The first-order chi connectivity index (χ1) is 8.63. The lowest BCUT2D eigenvalue weighted by molar-refractivity contribution is 1.24. The number of rotatable bonds is 2. The molecule has 0 atom stereocenters. The fourth-order valence-corrected chi connectivity index (χ4v) is 2.26. The fraction of sp³-hybridized carbons (Fsp3) is 0. The van der Waals surface area contributed by atoms with Crippen LogP contribution in [0.15, 0.2) is 52.0 Å². The average Bonchev–Trinajstić information content (AvgIpc) is 2.36. The summed E-state index contributed by atoms with van der Waals surface area (Å²) >= 11 is 9.55. The van der Waals surface area contributed by atoms with E-state index in [9.17, 15) is 0 Å². The van der Waals surface area contributed by atoms with Crippen molar-refractivity contribution >= 4 is 38.9 Å². The Morgan fingerprint density at radius 3 is 2.50 bits per heavy atom. The third kappa shape index (κ3) is 2.49.